The Bertz CT molecular complexity index is 608. The highest BCUT2D eigenvalue weighted by Crippen LogP contribution is 2.53. The van der Waals surface area contributed by atoms with Gasteiger partial charge >= 0.3 is 13.7 Å². The number of carbonyl (C=O) groups excluding carboxylic acids is 1. The molecule has 0 aliphatic carbocycles. The van der Waals surface area contributed by atoms with Crippen LogP contribution >= 0.6 is 7.60 Å². The van der Waals surface area contributed by atoms with Crippen molar-refractivity contribution in [3.05, 3.63) is 35.9 Å². The lowest BCUT2D eigenvalue weighted by Crippen LogP contribution is -2.49. The van der Waals surface area contributed by atoms with Crippen LogP contribution in [0.2, 0.25) is 0 Å². The second kappa shape index (κ2) is 10.8. The number of nitrogens with one attached hydrogen (secondary N) is 2. The molecule has 1 aromatic carbocycles. The fourth-order valence-corrected chi connectivity index (χ4v) is 4.56. The van der Waals surface area contributed by atoms with Crippen LogP contribution in [0.4, 0.5) is 4.79 Å². The van der Waals surface area contributed by atoms with E-state index >= 15 is 0 Å². The Hall–Kier alpha value is -1.40. The second-order valence-electron chi connectivity index (χ2n) is 7.12. The zero-order valence-electron chi connectivity index (χ0n) is 17.2. The van der Waals surface area contributed by atoms with Crippen LogP contribution in [-0.2, 0) is 24.9 Å². The molecule has 8 heteroatoms. The van der Waals surface area contributed by atoms with E-state index in [1.807, 2.05) is 30.3 Å². The number of alkyl carbamates (subject to hydrolysis) is 1. The minimum absolute atomic E-state index is 0.236. The van der Waals surface area contributed by atoms with E-state index in [1.54, 1.807) is 41.5 Å². The third-order valence-electron chi connectivity index (χ3n) is 3.53. The number of amides is 1. The van der Waals surface area contributed by atoms with Crippen LogP contribution in [0.3, 0.4) is 0 Å². The van der Waals surface area contributed by atoms with Crippen molar-refractivity contribution in [2.75, 3.05) is 13.2 Å². The van der Waals surface area contributed by atoms with Crippen molar-refractivity contribution in [1.29, 1.82) is 0 Å². The topological polar surface area (TPSA) is 85.9 Å². The van der Waals surface area contributed by atoms with Crippen LogP contribution < -0.4 is 10.6 Å². The lowest BCUT2D eigenvalue weighted by atomic mass is 10.2. The molecule has 2 atom stereocenters. The first-order chi connectivity index (χ1) is 12.6. The molecule has 0 spiro atoms. The predicted octanol–water partition coefficient (Wildman–Crippen LogP) is 4.28. The largest absolute Gasteiger partial charge is 0.444 e. The second-order valence-corrected chi connectivity index (χ2v) is 9.27. The molecular formula is C19H33N2O5P. The van der Waals surface area contributed by atoms with Gasteiger partial charge in [-0.05, 0) is 47.1 Å². The highest BCUT2D eigenvalue weighted by molar-refractivity contribution is 7.54. The van der Waals surface area contributed by atoms with Gasteiger partial charge in [0.05, 0.1) is 19.3 Å². The molecule has 1 aromatic rings. The summed E-state index contributed by atoms with van der Waals surface area (Å²) in [7, 11) is -3.51. The van der Waals surface area contributed by atoms with E-state index < -0.39 is 31.1 Å². The lowest BCUT2D eigenvalue weighted by molar-refractivity contribution is 0.0502. The monoisotopic (exact) mass is 400 g/mol. The van der Waals surface area contributed by atoms with Crippen LogP contribution in [0, 0.1) is 0 Å². The summed E-state index contributed by atoms with van der Waals surface area (Å²) in [6.45, 7) is 11.5. The molecule has 7 nitrogen and oxygen atoms in total. The Morgan fingerprint density at radius 1 is 1.11 bits per heavy atom. The Balaban J connectivity index is 2.97. The van der Waals surface area contributed by atoms with Gasteiger partial charge in [-0.15, -0.1) is 0 Å². The zero-order chi connectivity index (χ0) is 20.5. The van der Waals surface area contributed by atoms with Crippen LogP contribution in [0.1, 0.15) is 47.1 Å². The Labute approximate surface area is 162 Å². The molecule has 0 unspecified atom stereocenters. The van der Waals surface area contributed by atoms with Crippen LogP contribution in [0.5, 0.6) is 0 Å². The van der Waals surface area contributed by atoms with E-state index in [9.17, 15) is 9.36 Å². The van der Waals surface area contributed by atoms with Crippen molar-refractivity contribution in [3.63, 3.8) is 0 Å². The first kappa shape index (κ1) is 23.6. The molecule has 154 valence electrons. The zero-order valence-corrected chi connectivity index (χ0v) is 18.0. The van der Waals surface area contributed by atoms with Gasteiger partial charge < -0.3 is 19.1 Å². The molecule has 2 N–H and O–H groups in total. The smallest absolute Gasteiger partial charge is 0.407 e. The van der Waals surface area contributed by atoms with E-state index in [1.165, 1.54) is 0 Å². The van der Waals surface area contributed by atoms with E-state index in [0.29, 0.717) is 6.54 Å². The number of hydrogen-bond acceptors (Lipinski definition) is 6. The fraction of sp³-hybridized carbons (Fsp3) is 0.632. The molecule has 0 aromatic heterocycles. The maximum absolute atomic E-state index is 13.3. The Morgan fingerprint density at radius 2 is 1.67 bits per heavy atom. The van der Waals surface area contributed by atoms with E-state index in [-0.39, 0.29) is 13.2 Å². The molecule has 0 saturated heterocycles. The normalized spacial score (nSPS) is 14.4. The number of carbonyl (C=O) groups is 1. The third-order valence-corrected chi connectivity index (χ3v) is 6.08. The number of ether oxygens (including phenoxy) is 1. The van der Waals surface area contributed by atoms with Crippen LogP contribution in [0.15, 0.2) is 30.3 Å². The molecule has 0 fully saturated rings. The quantitative estimate of drug-likeness (QED) is 0.570. The Kier molecular flexibility index (Phi) is 9.47. The third kappa shape index (κ3) is 8.43. The van der Waals surface area contributed by atoms with Gasteiger partial charge in [-0.2, -0.15) is 0 Å². The molecule has 0 radical (unpaired) electrons. The first-order valence-electron chi connectivity index (χ1n) is 9.27. The first-order valence-corrected chi connectivity index (χ1v) is 10.9. The minimum atomic E-state index is -3.51. The summed E-state index contributed by atoms with van der Waals surface area (Å²) in [5, 5.41) is 5.97. The number of hydrogen-bond donors (Lipinski definition) is 2. The van der Waals surface area contributed by atoms with E-state index in [0.717, 1.165) is 5.56 Å². The van der Waals surface area contributed by atoms with Crippen LogP contribution in [0.25, 0.3) is 0 Å². The standard InChI is InChI=1S/C19H33N2O5P/c1-7-24-27(23,25-8-2)17(20-14-16-12-10-9-11-13-16)15(3)21-18(22)26-19(4,5)6/h9-13,15,17,20H,7-8,14H2,1-6H3,(H,21,22)/t15-,17+/m0/s1. The van der Waals surface area contributed by atoms with Gasteiger partial charge in [-0.25, -0.2) is 4.79 Å². The van der Waals surface area contributed by atoms with Gasteiger partial charge in [-0.1, -0.05) is 30.3 Å². The highest BCUT2D eigenvalue weighted by atomic mass is 31.2. The number of rotatable bonds is 10. The van der Waals surface area contributed by atoms with Gasteiger partial charge in [0, 0.05) is 6.54 Å². The fourth-order valence-electron chi connectivity index (χ4n) is 2.51. The summed E-state index contributed by atoms with van der Waals surface area (Å²) in [4.78, 5) is 12.2. The maximum atomic E-state index is 13.3. The van der Waals surface area contributed by atoms with Crippen molar-refractivity contribution in [2.24, 2.45) is 0 Å². The van der Waals surface area contributed by atoms with Gasteiger partial charge in [0.1, 0.15) is 11.4 Å². The van der Waals surface area contributed by atoms with Crippen molar-refractivity contribution < 1.29 is 23.1 Å². The average molecular weight is 400 g/mol. The van der Waals surface area contributed by atoms with Gasteiger partial charge in [-0.3, -0.25) is 9.88 Å². The summed E-state index contributed by atoms with van der Waals surface area (Å²) in [6.07, 6.45) is -0.582. The van der Waals surface area contributed by atoms with Gasteiger partial charge in [0.25, 0.3) is 0 Å². The summed E-state index contributed by atoms with van der Waals surface area (Å²) in [5.74, 6) is -0.731. The SMILES string of the molecule is CCOP(=O)(OCC)[C@@H](NCc1ccccc1)[C@H](C)NC(=O)OC(C)(C)C. The van der Waals surface area contributed by atoms with Gasteiger partial charge in [0.15, 0.2) is 0 Å². The highest BCUT2D eigenvalue weighted by Gasteiger charge is 2.40. The van der Waals surface area contributed by atoms with E-state index in [4.69, 9.17) is 13.8 Å². The molecular weight excluding hydrogens is 367 g/mol. The molecule has 1 rings (SSSR count). The molecule has 27 heavy (non-hydrogen) atoms. The average Bonchev–Trinajstić information content (AvgIpc) is 2.54. The Morgan fingerprint density at radius 3 is 2.15 bits per heavy atom. The lowest BCUT2D eigenvalue weighted by Gasteiger charge is -2.32. The van der Waals surface area contributed by atoms with Gasteiger partial charge in [0.2, 0.25) is 0 Å². The van der Waals surface area contributed by atoms with E-state index in [2.05, 4.69) is 10.6 Å². The molecule has 0 aliphatic heterocycles. The van der Waals surface area contributed by atoms with Crippen molar-refractivity contribution in [1.82, 2.24) is 10.6 Å². The summed E-state index contributed by atoms with van der Waals surface area (Å²) < 4.78 is 29.7. The van der Waals surface area contributed by atoms with Crippen molar-refractivity contribution in [3.8, 4) is 0 Å². The minimum Gasteiger partial charge on any atom is -0.444 e. The summed E-state index contributed by atoms with van der Waals surface area (Å²) >= 11 is 0. The molecule has 0 bridgehead atoms. The van der Waals surface area contributed by atoms with Crippen molar-refractivity contribution in [2.45, 2.75) is 65.5 Å². The molecule has 0 aliphatic rings. The predicted molar refractivity (Wildman–Crippen MR) is 107 cm³/mol. The van der Waals surface area contributed by atoms with Crippen molar-refractivity contribution >= 4 is 13.7 Å². The molecule has 0 saturated carbocycles. The summed E-state index contributed by atoms with van der Waals surface area (Å²) in [6, 6.07) is 9.16. The molecule has 1 amide bonds. The number of benzene rings is 1. The summed E-state index contributed by atoms with van der Waals surface area (Å²) in [5.41, 5.74) is 0.395. The molecule has 0 heterocycles. The van der Waals surface area contributed by atoms with Crippen LogP contribution in [-0.4, -0.2) is 36.7 Å². The maximum Gasteiger partial charge on any atom is 0.407 e.